The topological polar surface area (TPSA) is 164 Å². The third-order valence-electron chi connectivity index (χ3n) is 3.46. The fraction of sp³-hybridized carbons (Fsp3) is 0.385. The Bertz CT molecular complexity index is 1050. The monoisotopic (exact) mass is 392 g/mol. The molecule has 0 amide bonds. The van der Waals surface area contributed by atoms with E-state index in [1.807, 2.05) is 4.72 Å². The van der Waals surface area contributed by atoms with Gasteiger partial charge in [-0.25, -0.2) is 21.6 Å². The fourth-order valence-corrected chi connectivity index (χ4v) is 4.14. The molecule has 1 heterocycles. The van der Waals surface area contributed by atoms with Crippen molar-refractivity contribution in [3.8, 4) is 0 Å². The maximum absolute atomic E-state index is 12.3. The van der Waals surface area contributed by atoms with Gasteiger partial charge in [0, 0.05) is 11.8 Å². The number of aromatic amines is 1. The smallest absolute Gasteiger partial charge is 0.417 e. The molecule has 3 N–H and O–H groups in total. The van der Waals surface area contributed by atoms with Crippen molar-refractivity contribution in [3.63, 3.8) is 0 Å². The molecule has 1 atom stereocenters. The number of aliphatic carboxylic acids is 1. The molecule has 0 saturated carbocycles. The molecule has 0 bridgehead atoms. The van der Waals surface area contributed by atoms with Gasteiger partial charge in [-0.3, -0.25) is 9.78 Å². The maximum atomic E-state index is 12.3. The maximum Gasteiger partial charge on any atom is 0.417 e. The van der Waals surface area contributed by atoms with Crippen LogP contribution >= 0.6 is 0 Å². The molecular weight excluding hydrogens is 376 g/mol. The number of aromatic nitrogens is 1. The van der Waals surface area contributed by atoms with E-state index in [1.165, 1.54) is 13.0 Å². The summed E-state index contributed by atoms with van der Waals surface area (Å²) in [7, 11) is -7.71. The highest BCUT2D eigenvalue weighted by Crippen LogP contribution is 2.17. The number of oxazole rings is 1. The molecule has 0 aliphatic rings. The number of carboxylic acid groups (broad SMARTS) is 1. The number of H-pyrrole nitrogens is 1. The molecule has 0 radical (unpaired) electrons. The summed E-state index contributed by atoms with van der Waals surface area (Å²) in [6.45, 7) is 1.41. The first-order chi connectivity index (χ1) is 11.5. The van der Waals surface area contributed by atoms with Crippen LogP contribution in [0.3, 0.4) is 0 Å². The number of rotatable bonds is 8. The average molecular weight is 392 g/mol. The summed E-state index contributed by atoms with van der Waals surface area (Å²) < 4.78 is 54.4. The summed E-state index contributed by atoms with van der Waals surface area (Å²) in [5.74, 6) is -2.89. The summed E-state index contributed by atoms with van der Waals surface area (Å²) in [6.07, 6.45) is -0.410. The minimum atomic E-state index is -4.26. The second-order valence-corrected chi connectivity index (χ2v) is 9.40. The van der Waals surface area contributed by atoms with Crippen molar-refractivity contribution < 1.29 is 31.2 Å². The number of carboxylic acids is 1. The molecule has 0 spiro atoms. The summed E-state index contributed by atoms with van der Waals surface area (Å²) in [5, 5.41) is 9.14. The zero-order valence-electron chi connectivity index (χ0n) is 13.1. The standard InChI is InChI=1S/C13H16N2O8S2/c1-2-24(19,20)6-5-10(12(16)17)15-25(21,22)8-3-4-9-11(7-8)23-13(18)14-9/h3-4,7,10,15H,2,5-6H2,1H3,(H,14,18)(H,16,17). The zero-order valence-corrected chi connectivity index (χ0v) is 14.7. The van der Waals surface area contributed by atoms with Crippen molar-refractivity contribution in [3.05, 3.63) is 28.7 Å². The Kier molecular flexibility index (Phi) is 5.34. The molecule has 1 unspecified atom stereocenters. The predicted octanol–water partition coefficient (Wildman–Crippen LogP) is -0.323. The van der Waals surface area contributed by atoms with Gasteiger partial charge in [0.05, 0.1) is 16.2 Å². The van der Waals surface area contributed by atoms with Crippen molar-refractivity contribution in [1.82, 2.24) is 9.71 Å². The fourth-order valence-electron chi connectivity index (χ4n) is 2.02. The van der Waals surface area contributed by atoms with E-state index in [4.69, 9.17) is 9.52 Å². The van der Waals surface area contributed by atoms with Gasteiger partial charge in [0.25, 0.3) is 0 Å². The lowest BCUT2D eigenvalue weighted by Crippen LogP contribution is -2.41. The van der Waals surface area contributed by atoms with Crippen LogP contribution in [0.2, 0.25) is 0 Å². The highest BCUT2D eigenvalue weighted by molar-refractivity contribution is 7.91. The van der Waals surface area contributed by atoms with Crippen LogP contribution in [-0.4, -0.2) is 50.4 Å². The molecule has 138 valence electrons. The highest BCUT2D eigenvalue weighted by atomic mass is 32.2. The molecule has 0 aliphatic heterocycles. The van der Waals surface area contributed by atoms with Crippen molar-refractivity contribution in [1.29, 1.82) is 0 Å². The van der Waals surface area contributed by atoms with Gasteiger partial charge in [-0.05, 0) is 18.6 Å². The number of hydrogen-bond donors (Lipinski definition) is 3. The molecule has 12 heteroatoms. The molecule has 0 aliphatic carbocycles. The first-order valence-corrected chi connectivity index (χ1v) is 10.4. The van der Waals surface area contributed by atoms with E-state index in [1.54, 1.807) is 0 Å². The average Bonchev–Trinajstić information content (AvgIpc) is 2.90. The number of sulfonamides is 1. The van der Waals surface area contributed by atoms with E-state index in [-0.39, 0.29) is 21.7 Å². The molecule has 2 aromatic rings. The van der Waals surface area contributed by atoms with Gasteiger partial charge < -0.3 is 9.52 Å². The van der Waals surface area contributed by atoms with Crippen LogP contribution in [0.25, 0.3) is 11.1 Å². The summed E-state index contributed by atoms with van der Waals surface area (Å²) in [4.78, 5) is 24.4. The van der Waals surface area contributed by atoms with Crippen LogP contribution in [0.5, 0.6) is 0 Å². The zero-order chi connectivity index (χ0) is 18.8. The Hall–Kier alpha value is -2.18. The number of carbonyl (C=O) groups is 1. The summed E-state index contributed by atoms with van der Waals surface area (Å²) in [6, 6.07) is 1.92. The van der Waals surface area contributed by atoms with E-state index < -0.39 is 49.8 Å². The van der Waals surface area contributed by atoms with Gasteiger partial charge in [-0.1, -0.05) is 6.92 Å². The molecule has 25 heavy (non-hydrogen) atoms. The van der Waals surface area contributed by atoms with Crippen molar-refractivity contribution in [2.75, 3.05) is 11.5 Å². The number of benzene rings is 1. The molecule has 1 aromatic heterocycles. The van der Waals surface area contributed by atoms with Gasteiger partial charge in [0.15, 0.2) is 5.58 Å². The van der Waals surface area contributed by atoms with Crippen molar-refractivity contribution in [2.24, 2.45) is 0 Å². The van der Waals surface area contributed by atoms with E-state index in [2.05, 4.69) is 4.98 Å². The Morgan fingerprint density at radius 2 is 2.00 bits per heavy atom. The van der Waals surface area contributed by atoms with Gasteiger partial charge in [0.1, 0.15) is 15.9 Å². The van der Waals surface area contributed by atoms with E-state index >= 15 is 0 Å². The second-order valence-electron chi connectivity index (χ2n) is 5.21. The second kappa shape index (κ2) is 6.98. The Morgan fingerprint density at radius 3 is 2.60 bits per heavy atom. The van der Waals surface area contributed by atoms with Crippen LogP contribution in [0, 0.1) is 0 Å². The van der Waals surface area contributed by atoms with Gasteiger partial charge in [0.2, 0.25) is 10.0 Å². The quantitative estimate of drug-likeness (QED) is 0.550. The summed E-state index contributed by atoms with van der Waals surface area (Å²) >= 11 is 0. The van der Waals surface area contributed by atoms with E-state index in [0.29, 0.717) is 0 Å². The third-order valence-corrected chi connectivity index (χ3v) is 6.66. The largest absolute Gasteiger partial charge is 0.480 e. The molecule has 2 rings (SSSR count). The van der Waals surface area contributed by atoms with E-state index in [9.17, 15) is 26.4 Å². The van der Waals surface area contributed by atoms with Gasteiger partial charge in [-0.2, -0.15) is 4.72 Å². The first-order valence-electron chi connectivity index (χ1n) is 7.12. The van der Waals surface area contributed by atoms with Gasteiger partial charge >= 0.3 is 11.7 Å². The first kappa shape index (κ1) is 19.1. The molecule has 0 saturated heterocycles. The number of hydrogen-bond acceptors (Lipinski definition) is 7. The minimum absolute atomic E-state index is 0.00619. The molecular formula is C13H16N2O8S2. The predicted molar refractivity (Wildman–Crippen MR) is 87.5 cm³/mol. The number of nitrogens with one attached hydrogen (secondary N) is 2. The highest BCUT2D eigenvalue weighted by Gasteiger charge is 2.27. The van der Waals surface area contributed by atoms with Crippen molar-refractivity contribution >= 4 is 36.9 Å². The van der Waals surface area contributed by atoms with Crippen LogP contribution in [0.4, 0.5) is 0 Å². The molecule has 10 nitrogen and oxygen atoms in total. The minimum Gasteiger partial charge on any atom is -0.480 e. The summed E-state index contributed by atoms with van der Waals surface area (Å²) in [5.41, 5.74) is 0.279. The van der Waals surface area contributed by atoms with Gasteiger partial charge in [-0.15, -0.1) is 0 Å². The van der Waals surface area contributed by atoms with E-state index in [0.717, 1.165) is 12.1 Å². The lowest BCUT2D eigenvalue weighted by atomic mass is 10.2. The number of fused-ring (bicyclic) bond motifs is 1. The van der Waals surface area contributed by atoms with Crippen molar-refractivity contribution in [2.45, 2.75) is 24.3 Å². The lowest BCUT2D eigenvalue weighted by Gasteiger charge is -2.14. The number of sulfone groups is 1. The normalized spacial score (nSPS) is 13.8. The van der Waals surface area contributed by atoms with Crippen LogP contribution in [-0.2, 0) is 24.7 Å². The SMILES string of the molecule is CCS(=O)(=O)CCC(NS(=O)(=O)c1ccc2[nH]c(=O)oc2c1)C(=O)O. The lowest BCUT2D eigenvalue weighted by molar-refractivity contribution is -0.139. The Labute approximate surface area is 142 Å². The molecule has 0 fully saturated rings. The van der Waals surface area contributed by atoms with Crippen LogP contribution in [0.1, 0.15) is 13.3 Å². The van der Waals surface area contributed by atoms with Crippen LogP contribution < -0.4 is 10.5 Å². The van der Waals surface area contributed by atoms with Crippen LogP contribution in [0.15, 0.2) is 32.3 Å². The third kappa shape index (κ3) is 4.67. The Balaban J connectivity index is 2.26. The molecule has 1 aromatic carbocycles. The Morgan fingerprint density at radius 1 is 1.32 bits per heavy atom.